The maximum absolute atomic E-state index is 12.9. The Morgan fingerprint density at radius 3 is 2.16 bits per heavy atom. The van der Waals surface area contributed by atoms with Crippen LogP contribution in [-0.4, -0.2) is 67.7 Å². The molecule has 1 unspecified atom stereocenters. The van der Waals surface area contributed by atoms with Crippen molar-refractivity contribution in [2.75, 3.05) is 39.5 Å². The van der Waals surface area contributed by atoms with Crippen LogP contribution in [0, 0.1) is 0 Å². The lowest BCUT2D eigenvalue weighted by Crippen LogP contribution is -2.38. The van der Waals surface area contributed by atoms with E-state index in [0.717, 1.165) is 12.0 Å². The van der Waals surface area contributed by atoms with Gasteiger partial charge in [-0.05, 0) is 61.1 Å². The molecule has 0 aromatic heterocycles. The number of carboxylic acid groups (broad SMARTS) is 1. The predicted octanol–water partition coefficient (Wildman–Crippen LogP) is 5.54. The fourth-order valence-electron chi connectivity index (χ4n) is 3.61. The molecule has 1 amide bonds. The lowest BCUT2D eigenvalue weighted by molar-refractivity contribution is -0.149. The molecule has 0 saturated carbocycles. The molecule has 1 atom stereocenters. The molecular weight excluding hydrogens is 474 g/mol. The van der Waals surface area contributed by atoms with Crippen LogP contribution < -0.4 is 9.47 Å². The van der Waals surface area contributed by atoms with E-state index in [-0.39, 0.29) is 13.0 Å². The molecule has 1 N–H and O–H groups in total. The van der Waals surface area contributed by atoms with Crippen molar-refractivity contribution in [3.8, 4) is 11.5 Å². The summed E-state index contributed by atoms with van der Waals surface area (Å²) in [7, 11) is 0. The van der Waals surface area contributed by atoms with Gasteiger partial charge in [0.25, 0.3) is 0 Å². The molecule has 0 spiro atoms. The number of benzene rings is 2. The van der Waals surface area contributed by atoms with Crippen molar-refractivity contribution in [2.45, 2.75) is 59.0 Å². The van der Waals surface area contributed by atoms with Crippen molar-refractivity contribution >= 4 is 12.1 Å². The van der Waals surface area contributed by atoms with Crippen LogP contribution in [0.3, 0.4) is 0 Å². The maximum Gasteiger partial charge on any atom is 0.415 e. The Morgan fingerprint density at radius 2 is 1.57 bits per heavy atom. The molecule has 0 aliphatic heterocycles. The van der Waals surface area contributed by atoms with Gasteiger partial charge in [-0.1, -0.05) is 45.0 Å². The Hall–Kier alpha value is -3.10. The third-order valence-corrected chi connectivity index (χ3v) is 5.69. The number of ether oxygens (including phenoxy) is 4. The number of carboxylic acids is 1. The number of carbonyl (C=O) groups excluding carboxylic acids is 1. The molecule has 2 rings (SSSR count). The summed E-state index contributed by atoms with van der Waals surface area (Å²) in [6.07, 6.45) is 0.622. The lowest BCUT2D eigenvalue weighted by Gasteiger charge is -2.22. The number of rotatable bonds is 17. The zero-order chi connectivity index (χ0) is 27.0. The Labute approximate surface area is 220 Å². The van der Waals surface area contributed by atoms with Gasteiger partial charge in [-0.3, -0.25) is 0 Å². The molecule has 0 radical (unpaired) electrons. The molecule has 8 nitrogen and oxygen atoms in total. The zero-order valence-electron chi connectivity index (χ0n) is 22.5. The average Bonchev–Trinajstić information content (AvgIpc) is 2.88. The molecule has 204 valence electrons. The first-order valence-electron chi connectivity index (χ1n) is 13.0. The highest BCUT2D eigenvalue weighted by Crippen LogP contribution is 2.19. The number of aliphatic carboxylic acids is 1. The highest BCUT2D eigenvalue weighted by Gasteiger charge is 2.18. The van der Waals surface area contributed by atoms with Crippen LogP contribution in [0.1, 0.15) is 57.6 Å². The van der Waals surface area contributed by atoms with Gasteiger partial charge < -0.3 is 29.0 Å². The van der Waals surface area contributed by atoms with Crippen LogP contribution in [0.5, 0.6) is 11.5 Å². The Bertz CT molecular complexity index is 928. The van der Waals surface area contributed by atoms with Crippen LogP contribution in [0.15, 0.2) is 48.5 Å². The molecule has 2 aromatic rings. The average molecular weight is 516 g/mol. The largest absolute Gasteiger partial charge is 0.492 e. The summed E-state index contributed by atoms with van der Waals surface area (Å²) in [6.45, 7) is 10.8. The number of nitrogens with zero attached hydrogens (tertiary/aromatic N) is 1. The molecular formula is C29H41NO7. The Morgan fingerprint density at radius 1 is 0.892 bits per heavy atom. The minimum Gasteiger partial charge on any atom is -0.492 e. The van der Waals surface area contributed by atoms with E-state index in [1.54, 1.807) is 24.0 Å². The first-order valence-corrected chi connectivity index (χ1v) is 13.0. The Kier molecular flexibility index (Phi) is 13.5. The van der Waals surface area contributed by atoms with Gasteiger partial charge in [0.1, 0.15) is 18.1 Å². The van der Waals surface area contributed by atoms with Crippen LogP contribution in [0.4, 0.5) is 4.79 Å². The second kappa shape index (κ2) is 16.6. The van der Waals surface area contributed by atoms with E-state index >= 15 is 0 Å². The highest BCUT2D eigenvalue weighted by molar-refractivity contribution is 5.72. The van der Waals surface area contributed by atoms with Gasteiger partial charge in [0.2, 0.25) is 0 Å². The van der Waals surface area contributed by atoms with E-state index in [1.807, 2.05) is 36.4 Å². The number of hydrogen-bond acceptors (Lipinski definition) is 6. The number of carbonyl (C=O) groups is 2. The molecule has 0 aliphatic rings. The van der Waals surface area contributed by atoms with E-state index in [9.17, 15) is 14.7 Å². The van der Waals surface area contributed by atoms with Crippen LogP contribution in [0.25, 0.3) is 0 Å². The third kappa shape index (κ3) is 11.2. The molecule has 0 aliphatic carbocycles. The van der Waals surface area contributed by atoms with Gasteiger partial charge in [0.05, 0.1) is 6.54 Å². The molecule has 2 aromatic carbocycles. The SMILES string of the molecule is CCCOCCCN(CCOc1ccc(CC(OCC)C(=O)O)cc1)C(=O)Oc1ccc(C(C)C)cc1. The van der Waals surface area contributed by atoms with Gasteiger partial charge in [-0.2, -0.15) is 0 Å². The topological polar surface area (TPSA) is 94.5 Å². The molecule has 0 fully saturated rings. The summed E-state index contributed by atoms with van der Waals surface area (Å²) in [5, 5.41) is 9.26. The zero-order valence-corrected chi connectivity index (χ0v) is 22.5. The fraction of sp³-hybridized carbons (Fsp3) is 0.517. The van der Waals surface area contributed by atoms with Crippen LogP contribution in [-0.2, 0) is 20.7 Å². The van der Waals surface area contributed by atoms with E-state index in [1.165, 1.54) is 5.56 Å². The van der Waals surface area contributed by atoms with Gasteiger partial charge in [-0.15, -0.1) is 0 Å². The van der Waals surface area contributed by atoms with Crippen molar-refractivity contribution < 1.29 is 33.6 Å². The standard InChI is InChI=1S/C29H41NO7/c1-5-18-34-19-7-16-30(29(33)37-26-14-10-24(11-15-26)22(3)4)17-20-36-25-12-8-23(9-13-25)21-27(28(31)32)35-6-2/h8-15,22,27H,5-7,16-21H2,1-4H3,(H,31,32). The summed E-state index contributed by atoms with van der Waals surface area (Å²) >= 11 is 0. The van der Waals surface area contributed by atoms with E-state index in [4.69, 9.17) is 18.9 Å². The fourth-order valence-corrected chi connectivity index (χ4v) is 3.61. The second-order valence-electron chi connectivity index (χ2n) is 9.02. The van der Waals surface area contributed by atoms with Crippen LogP contribution >= 0.6 is 0 Å². The van der Waals surface area contributed by atoms with Crippen molar-refractivity contribution in [1.82, 2.24) is 4.90 Å². The second-order valence-corrected chi connectivity index (χ2v) is 9.02. The summed E-state index contributed by atoms with van der Waals surface area (Å²) in [4.78, 5) is 25.8. The van der Waals surface area contributed by atoms with Gasteiger partial charge in [-0.25, -0.2) is 9.59 Å². The monoisotopic (exact) mass is 515 g/mol. The lowest BCUT2D eigenvalue weighted by atomic mass is 10.0. The van der Waals surface area contributed by atoms with Gasteiger partial charge in [0, 0.05) is 32.8 Å². The summed E-state index contributed by atoms with van der Waals surface area (Å²) in [5.41, 5.74) is 2.02. The summed E-state index contributed by atoms with van der Waals surface area (Å²) < 4.78 is 22.3. The van der Waals surface area contributed by atoms with Crippen molar-refractivity contribution in [3.63, 3.8) is 0 Å². The van der Waals surface area contributed by atoms with Crippen molar-refractivity contribution in [2.24, 2.45) is 0 Å². The first-order chi connectivity index (χ1) is 17.8. The summed E-state index contributed by atoms with van der Waals surface area (Å²) in [5.74, 6) is 0.560. The van der Waals surface area contributed by atoms with E-state index < -0.39 is 18.2 Å². The molecule has 0 bridgehead atoms. The smallest absolute Gasteiger partial charge is 0.415 e. The number of amides is 1. The normalized spacial score (nSPS) is 11.8. The Balaban J connectivity index is 1.92. The van der Waals surface area contributed by atoms with E-state index in [2.05, 4.69) is 20.8 Å². The van der Waals surface area contributed by atoms with Gasteiger partial charge >= 0.3 is 12.1 Å². The maximum atomic E-state index is 12.9. The highest BCUT2D eigenvalue weighted by atomic mass is 16.6. The molecule has 0 heterocycles. The summed E-state index contributed by atoms with van der Waals surface area (Å²) in [6, 6.07) is 14.8. The van der Waals surface area contributed by atoms with Crippen LogP contribution in [0.2, 0.25) is 0 Å². The number of hydrogen-bond donors (Lipinski definition) is 1. The molecule has 8 heteroatoms. The predicted molar refractivity (Wildman–Crippen MR) is 143 cm³/mol. The minimum atomic E-state index is -0.981. The molecule has 37 heavy (non-hydrogen) atoms. The third-order valence-electron chi connectivity index (χ3n) is 5.69. The van der Waals surface area contributed by atoms with Crippen molar-refractivity contribution in [1.29, 1.82) is 0 Å². The van der Waals surface area contributed by atoms with Gasteiger partial charge in [0.15, 0.2) is 6.10 Å². The van der Waals surface area contributed by atoms with E-state index in [0.29, 0.717) is 56.7 Å². The minimum absolute atomic E-state index is 0.279. The molecule has 0 saturated heterocycles. The quantitative estimate of drug-likeness (QED) is 0.277. The first kappa shape index (κ1) is 30.1. The van der Waals surface area contributed by atoms with Crippen molar-refractivity contribution in [3.05, 3.63) is 59.7 Å².